The van der Waals surface area contributed by atoms with E-state index >= 15 is 0 Å². The van der Waals surface area contributed by atoms with E-state index in [4.69, 9.17) is 0 Å². The molecular weight excluding hydrogens is 444 g/mol. The zero-order valence-electron chi connectivity index (χ0n) is 13.7. The van der Waals surface area contributed by atoms with Crippen LogP contribution in [0.3, 0.4) is 0 Å². The molecule has 4 nitrogen and oxygen atoms in total. The van der Waals surface area contributed by atoms with Gasteiger partial charge in [0, 0.05) is 32.5 Å². The molecule has 2 rings (SSSR count). The Kier molecular flexibility index (Phi) is 8.67. The molecule has 0 unspecified atom stereocenters. The van der Waals surface area contributed by atoms with Crippen molar-refractivity contribution in [2.75, 3.05) is 13.6 Å². The number of nitrogens with zero attached hydrogens (tertiary/aromatic N) is 2. The van der Waals surface area contributed by atoms with Crippen molar-refractivity contribution in [1.29, 1.82) is 0 Å². The molecule has 0 saturated heterocycles. The molecule has 0 bridgehead atoms. The summed E-state index contributed by atoms with van der Waals surface area (Å²) in [5.74, 6) is 0.538. The molecule has 1 heterocycles. The van der Waals surface area contributed by atoms with Gasteiger partial charge >= 0.3 is 6.18 Å². The number of hydrogen-bond donors (Lipinski definition) is 2. The number of aromatic nitrogens is 1. The Morgan fingerprint density at radius 2 is 1.88 bits per heavy atom. The van der Waals surface area contributed by atoms with E-state index in [1.807, 2.05) is 12.1 Å². The molecule has 8 heteroatoms. The lowest BCUT2D eigenvalue weighted by Crippen LogP contribution is -2.37. The van der Waals surface area contributed by atoms with Crippen molar-refractivity contribution in [2.24, 2.45) is 4.99 Å². The van der Waals surface area contributed by atoms with Gasteiger partial charge in [-0.2, -0.15) is 13.2 Å². The zero-order chi connectivity index (χ0) is 17.4. The van der Waals surface area contributed by atoms with Crippen LogP contribution in [0.25, 0.3) is 0 Å². The normalized spacial score (nSPS) is 11.6. The van der Waals surface area contributed by atoms with Crippen molar-refractivity contribution in [1.82, 2.24) is 15.6 Å². The fourth-order valence-electron chi connectivity index (χ4n) is 2.14. The Labute approximate surface area is 162 Å². The average Bonchev–Trinajstić information content (AvgIpc) is 2.58. The minimum atomic E-state index is -4.33. The van der Waals surface area contributed by atoms with E-state index in [1.165, 1.54) is 6.07 Å². The predicted octanol–water partition coefficient (Wildman–Crippen LogP) is 3.63. The molecule has 1 aromatic heterocycles. The van der Waals surface area contributed by atoms with Gasteiger partial charge in [0.25, 0.3) is 0 Å². The number of benzene rings is 1. The number of rotatable bonds is 5. The van der Waals surface area contributed by atoms with Crippen LogP contribution in [0.1, 0.15) is 16.7 Å². The maximum Gasteiger partial charge on any atom is 0.416 e. The number of halogens is 4. The van der Waals surface area contributed by atoms with Crippen LogP contribution in [0.2, 0.25) is 0 Å². The molecular formula is C17H20F3IN4. The van der Waals surface area contributed by atoms with Crippen molar-refractivity contribution in [3.05, 3.63) is 65.5 Å². The molecule has 25 heavy (non-hydrogen) atoms. The molecule has 0 saturated carbocycles. The minimum Gasteiger partial charge on any atom is -0.356 e. The summed E-state index contributed by atoms with van der Waals surface area (Å²) in [6, 6.07) is 9.09. The number of guanidine groups is 1. The number of aliphatic imine (C=N–C) groups is 1. The fourth-order valence-corrected chi connectivity index (χ4v) is 2.14. The third kappa shape index (κ3) is 7.29. The molecule has 0 aliphatic heterocycles. The van der Waals surface area contributed by atoms with Crippen LogP contribution in [0.15, 0.2) is 53.8 Å². The van der Waals surface area contributed by atoms with E-state index in [0.717, 1.165) is 24.1 Å². The summed E-state index contributed by atoms with van der Waals surface area (Å²) in [5, 5.41) is 6.13. The Bertz CT molecular complexity index is 675. The van der Waals surface area contributed by atoms with Gasteiger partial charge in [0.1, 0.15) is 0 Å². The summed E-state index contributed by atoms with van der Waals surface area (Å²) in [5.41, 5.74) is 0.986. The third-order valence-electron chi connectivity index (χ3n) is 3.37. The SMILES string of the molecule is CN=C(NCCc1cccnc1)NCc1cccc(C(F)(F)F)c1.I. The van der Waals surface area contributed by atoms with E-state index in [9.17, 15) is 13.2 Å². The largest absolute Gasteiger partial charge is 0.416 e. The summed E-state index contributed by atoms with van der Waals surface area (Å²) in [7, 11) is 1.62. The maximum atomic E-state index is 12.7. The molecule has 136 valence electrons. The van der Waals surface area contributed by atoms with Crippen molar-refractivity contribution in [3.8, 4) is 0 Å². The third-order valence-corrected chi connectivity index (χ3v) is 3.37. The Morgan fingerprint density at radius 1 is 1.12 bits per heavy atom. The minimum absolute atomic E-state index is 0. The Hall–Kier alpha value is -1.84. The Balaban J connectivity index is 0.00000312. The lowest BCUT2D eigenvalue weighted by atomic mass is 10.1. The first-order chi connectivity index (χ1) is 11.5. The molecule has 0 aliphatic carbocycles. The van der Waals surface area contributed by atoms with Gasteiger partial charge in [-0.05, 0) is 35.7 Å². The average molecular weight is 464 g/mol. The first-order valence-electron chi connectivity index (χ1n) is 7.48. The smallest absolute Gasteiger partial charge is 0.356 e. The second-order valence-electron chi connectivity index (χ2n) is 5.16. The Morgan fingerprint density at radius 3 is 2.52 bits per heavy atom. The van der Waals surface area contributed by atoms with Gasteiger partial charge in [-0.1, -0.05) is 18.2 Å². The predicted molar refractivity (Wildman–Crippen MR) is 103 cm³/mol. The van der Waals surface area contributed by atoms with Crippen LogP contribution >= 0.6 is 24.0 Å². The molecule has 0 fully saturated rings. The van der Waals surface area contributed by atoms with Crippen LogP contribution in [0.5, 0.6) is 0 Å². The fraction of sp³-hybridized carbons (Fsp3) is 0.294. The van der Waals surface area contributed by atoms with Gasteiger partial charge in [0.2, 0.25) is 0 Å². The van der Waals surface area contributed by atoms with E-state index in [1.54, 1.807) is 25.5 Å². The molecule has 0 aliphatic rings. The lowest BCUT2D eigenvalue weighted by Gasteiger charge is -2.13. The molecule has 0 atom stereocenters. The standard InChI is InChI=1S/C17H19F3N4.HI/c1-21-16(23-9-7-13-5-3-8-22-11-13)24-12-14-4-2-6-15(10-14)17(18,19)20;/h2-6,8,10-11H,7,9,12H2,1H3,(H2,21,23,24);1H. The van der Waals surface area contributed by atoms with Crippen molar-refractivity contribution in [3.63, 3.8) is 0 Å². The highest BCUT2D eigenvalue weighted by Crippen LogP contribution is 2.29. The highest BCUT2D eigenvalue weighted by molar-refractivity contribution is 14.0. The quantitative estimate of drug-likeness (QED) is 0.404. The number of pyridine rings is 1. The van der Waals surface area contributed by atoms with E-state index in [0.29, 0.717) is 18.1 Å². The van der Waals surface area contributed by atoms with E-state index < -0.39 is 11.7 Å². The van der Waals surface area contributed by atoms with Crippen LogP contribution < -0.4 is 10.6 Å². The first-order valence-corrected chi connectivity index (χ1v) is 7.48. The zero-order valence-corrected chi connectivity index (χ0v) is 16.0. The molecule has 2 aromatic rings. The molecule has 2 N–H and O–H groups in total. The van der Waals surface area contributed by atoms with Crippen molar-refractivity contribution < 1.29 is 13.2 Å². The van der Waals surface area contributed by atoms with Gasteiger partial charge in [-0.15, -0.1) is 24.0 Å². The molecule has 0 amide bonds. The molecule has 0 spiro atoms. The van der Waals surface area contributed by atoms with Gasteiger partial charge in [0.05, 0.1) is 5.56 Å². The first kappa shape index (κ1) is 21.2. The highest BCUT2D eigenvalue weighted by Gasteiger charge is 2.30. The van der Waals surface area contributed by atoms with E-state index in [2.05, 4.69) is 20.6 Å². The molecule has 0 radical (unpaired) electrons. The van der Waals surface area contributed by atoms with Gasteiger partial charge < -0.3 is 10.6 Å². The summed E-state index contributed by atoms with van der Waals surface area (Å²) >= 11 is 0. The van der Waals surface area contributed by atoms with Crippen LogP contribution in [0.4, 0.5) is 13.2 Å². The summed E-state index contributed by atoms with van der Waals surface area (Å²) < 4.78 is 38.1. The summed E-state index contributed by atoms with van der Waals surface area (Å²) in [6.07, 6.45) is -0.0509. The number of nitrogens with one attached hydrogen (secondary N) is 2. The maximum absolute atomic E-state index is 12.7. The summed E-state index contributed by atoms with van der Waals surface area (Å²) in [6.45, 7) is 0.907. The highest BCUT2D eigenvalue weighted by atomic mass is 127. The second kappa shape index (κ2) is 10.2. The lowest BCUT2D eigenvalue weighted by molar-refractivity contribution is -0.137. The van der Waals surface area contributed by atoms with Gasteiger partial charge in [-0.25, -0.2) is 0 Å². The number of alkyl halides is 3. The van der Waals surface area contributed by atoms with Gasteiger partial charge in [0.15, 0.2) is 5.96 Å². The molecule has 1 aromatic carbocycles. The second-order valence-corrected chi connectivity index (χ2v) is 5.16. The number of hydrogen-bond acceptors (Lipinski definition) is 2. The van der Waals surface area contributed by atoms with E-state index in [-0.39, 0.29) is 30.5 Å². The van der Waals surface area contributed by atoms with Crippen molar-refractivity contribution in [2.45, 2.75) is 19.1 Å². The van der Waals surface area contributed by atoms with Crippen LogP contribution in [0, 0.1) is 0 Å². The van der Waals surface area contributed by atoms with Crippen LogP contribution in [-0.4, -0.2) is 24.5 Å². The van der Waals surface area contributed by atoms with Crippen LogP contribution in [-0.2, 0) is 19.1 Å². The summed E-state index contributed by atoms with van der Waals surface area (Å²) in [4.78, 5) is 8.10. The van der Waals surface area contributed by atoms with Crippen molar-refractivity contribution >= 4 is 29.9 Å². The monoisotopic (exact) mass is 464 g/mol. The topological polar surface area (TPSA) is 49.3 Å². The van der Waals surface area contributed by atoms with Gasteiger partial charge in [-0.3, -0.25) is 9.98 Å².